The second kappa shape index (κ2) is 7.07. The van der Waals surface area contributed by atoms with Crippen molar-refractivity contribution in [2.45, 2.75) is 39.2 Å². The van der Waals surface area contributed by atoms with E-state index < -0.39 is 0 Å². The predicted molar refractivity (Wildman–Crippen MR) is 81.6 cm³/mol. The molecule has 1 amide bonds. The predicted octanol–water partition coefficient (Wildman–Crippen LogP) is 3.26. The average molecular weight is 341 g/mol. The van der Waals surface area contributed by atoms with E-state index in [1.54, 1.807) is 6.20 Å². The number of halogens is 1. The maximum Gasteiger partial charge on any atom is 0.228 e. The Morgan fingerprint density at radius 1 is 1.55 bits per heavy atom. The maximum absolute atomic E-state index is 12.3. The lowest BCUT2D eigenvalue weighted by Gasteiger charge is -2.21. The number of nitrogens with zero attached hydrogens (tertiary/aromatic N) is 2. The summed E-state index contributed by atoms with van der Waals surface area (Å²) < 4.78 is 6.73. The fourth-order valence-corrected chi connectivity index (χ4v) is 2.88. The van der Waals surface area contributed by atoms with Gasteiger partial charge < -0.3 is 9.64 Å². The van der Waals surface area contributed by atoms with Crippen molar-refractivity contribution in [3.63, 3.8) is 0 Å². The maximum atomic E-state index is 12.3. The Bertz CT molecular complexity index is 463. The third-order valence-electron chi connectivity index (χ3n) is 3.79. The van der Waals surface area contributed by atoms with Crippen molar-refractivity contribution < 1.29 is 9.53 Å². The summed E-state index contributed by atoms with van der Waals surface area (Å²) in [6.07, 6.45) is 4.43. The van der Waals surface area contributed by atoms with Crippen LogP contribution in [0.25, 0.3) is 0 Å². The van der Waals surface area contributed by atoms with Crippen LogP contribution in [0.3, 0.4) is 0 Å². The topological polar surface area (TPSA) is 42.4 Å². The number of carbonyl (C=O) groups excluding carboxylic acids is 1. The first kappa shape index (κ1) is 15.3. The molecule has 0 spiro atoms. The molecule has 0 saturated carbocycles. The van der Waals surface area contributed by atoms with Gasteiger partial charge in [-0.3, -0.25) is 4.79 Å². The lowest BCUT2D eigenvalue weighted by molar-refractivity contribution is -0.134. The number of amides is 1. The molecule has 1 aliphatic heterocycles. The van der Waals surface area contributed by atoms with Crippen LogP contribution in [-0.2, 0) is 4.79 Å². The minimum Gasteiger partial charge on any atom is -0.472 e. The molecule has 0 N–H and O–H groups in total. The van der Waals surface area contributed by atoms with Crippen molar-refractivity contribution in [1.29, 1.82) is 0 Å². The number of hydrogen-bond acceptors (Lipinski definition) is 3. The van der Waals surface area contributed by atoms with E-state index in [2.05, 4.69) is 34.8 Å². The highest BCUT2D eigenvalue weighted by Crippen LogP contribution is 2.25. The van der Waals surface area contributed by atoms with E-state index >= 15 is 0 Å². The molecule has 20 heavy (non-hydrogen) atoms. The first-order valence-corrected chi connectivity index (χ1v) is 8.01. The highest BCUT2D eigenvalue weighted by Gasteiger charge is 2.30. The number of likely N-dealkylation sites (tertiary alicyclic amines) is 1. The lowest BCUT2D eigenvalue weighted by Crippen LogP contribution is -2.35. The van der Waals surface area contributed by atoms with Gasteiger partial charge >= 0.3 is 0 Å². The Balaban J connectivity index is 1.93. The summed E-state index contributed by atoms with van der Waals surface area (Å²) in [5.74, 6) is 1.02. The van der Waals surface area contributed by atoms with Gasteiger partial charge in [-0.25, -0.2) is 4.98 Å². The molecule has 2 rings (SSSR count). The van der Waals surface area contributed by atoms with Gasteiger partial charge in [-0.2, -0.15) is 0 Å². The Hall–Kier alpha value is -1.10. The van der Waals surface area contributed by atoms with Crippen molar-refractivity contribution in [2.75, 3.05) is 13.1 Å². The molecule has 1 fully saturated rings. The summed E-state index contributed by atoms with van der Waals surface area (Å²) in [4.78, 5) is 18.5. The van der Waals surface area contributed by atoms with Gasteiger partial charge in [-0.1, -0.05) is 13.8 Å². The normalized spacial score (nSPS) is 18.6. The highest BCUT2D eigenvalue weighted by molar-refractivity contribution is 9.10. The Kier molecular flexibility index (Phi) is 5.40. The van der Waals surface area contributed by atoms with Crippen molar-refractivity contribution in [3.05, 3.63) is 22.8 Å². The van der Waals surface area contributed by atoms with Crippen LogP contribution < -0.4 is 4.74 Å². The zero-order valence-electron chi connectivity index (χ0n) is 12.0. The van der Waals surface area contributed by atoms with Crippen LogP contribution in [0.1, 0.15) is 33.1 Å². The van der Waals surface area contributed by atoms with Gasteiger partial charge in [-0.05, 0) is 40.9 Å². The summed E-state index contributed by atoms with van der Waals surface area (Å²) in [5.41, 5.74) is 0. The zero-order valence-corrected chi connectivity index (χ0v) is 13.6. The molecule has 5 heteroatoms. The quantitative estimate of drug-likeness (QED) is 0.826. The molecule has 1 unspecified atom stereocenters. The Labute approximate surface area is 128 Å². The molecule has 0 bridgehead atoms. The largest absolute Gasteiger partial charge is 0.472 e. The summed E-state index contributed by atoms with van der Waals surface area (Å²) in [7, 11) is 0. The first-order chi connectivity index (χ1) is 9.65. The second-order valence-electron chi connectivity index (χ2n) is 5.12. The van der Waals surface area contributed by atoms with Gasteiger partial charge in [0.1, 0.15) is 6.10 Å². The molecule has 0 aliphatic carbocycles. The van der Waals surface area contributed by atoms with Crippen molar-refractivity contribution in [3.8, 4) is 5.88 Å². The standard InChI is InChI=1S/C15H21BrN2O2/c1-3-11(4-2)15(19)18-9-7-12(10-18)20-14-13(16)6-5-8-17-14/h5-6,8,11-12H,3-4,7,9-10H2,1-2H3. The minimum absolute atomic E-state index is 0.0412. The molecule has 1 aromatic heterocycles. The number of carbonyl (C=O) groups is 1. The number of pyridine rings is 1. The summed E-state index contributed by atoms with van der Waals surface area (Å²) in [5, 5.41) is 0. The smallest absolute Gasteiger partial charge is 0.228 e. The third kappa shape index (κ3) is 3.51. The zero-order chi connectivity index (χ0) is 14.5. The highest BCUT2D eigenvalue weighted by atomic mass is 79.9. The number of hydrogen-bond donors (Lipinski definition) is 0. The summed E-state index contributed by atoms with van der Waals surface area (Å²) in [6.45, 7) is 5.59. The second-order valence-corrected chi connectivity index (χ2v) is 5.97. The first-order valence-electron chi connectivity index (χ1n) is 7.21. The van der Waals surface area contributed by atoms with Crippen molar-refractivity contribution in [2.24, 2.45) is 5.92 Å². The van der Waals surface area contributed by atoms with Gasteiger partial charge in [0, 0.05) is 25.1 Å². The van der Waals surface area contributed by atoms with Crippen LogP contribution in [0.15, 0.2) is 22.8 Å². The molecule has 110 valence electrons. The van der Waals surface area contributed by atoms with E-state index in [4.69, 9.17) is 4.74 Å². The van der Waals surface area contributed by atoms with Crippen LogP contribution >= 0.6 is 15.9 Å². The SMILES string of the molecule is CCC(CC)C(=O)N1CCC(Oc2ncccc2Br)C1. The number of aromatic nitrogens is 1. The average Bonchev–Trinajstić information content (AvgIpc) is 2.91. The van der Waals surface area contributed by atoms with E-state index in [1.165, 1.54) is 0 Å². The van der Waals surface area contributed by atoms with Crippen LogP contribution in [0.2, 0.25) is 0 Å². The number of rotatable bonds is 5. The lowest BCUT2D eigenvalue weighted by atomic mass is 10.0. The molecule has 0 radical (unpaired) electrons. The fourth-order valence-electron chi connectivity index (χ4n) is 2.54. The van der Waals surface area contributed by atoms with Gasteiger partial charge in [0.05, 0.1) is 11.0 Å². The minimum atomic E-state index is 0.0412. The molecule has 1 aromatic rings. The van der Waals surface area contributed by atoms with Crippen molar-refractivity contribution in [1.82, 2.24) is 9.88 Å². The molecular weight excluding hydrogens is 320 g/mol. The monoisotopic (exact) mass is 340 g/mol. The molecular formula is C15H21BrN2O2. The van der Waals surface area contributed by atoms with E-state index in [9.17, 15) is 4.79 Å². The van der Waals surface area contributed by atoms with Gasteiger partial charge in [-0.15, -0.1) is 0 Å². The number of ether oxygens (including phenoxy) is 1. The van der Waals surface area contributed by atoms with Gasteiger partial charge in [0.25, 0.3) is 0 Å². The third-order valence-corrected chi connectivity index (χ3v) is 4.40. The molecule has 1 saturated heterocycles. The summed E-state index contributed by atoms with van der Waals surface area (Å²) in [6, 6.07) is 3.76. The fraction of sp³-hybridized carbons (Fsp3) is 0.600. The van der Waals surface area contributed by atoms with Crippen molar-refractivity contribution >= 4 is 21.8 Å². The molecule has 0 aromatic carbocycles. The Morgan fingerprint density at radius 2 is 2.30 bits per heavy atom. The van der Waals surface area contributed by atoms with Crippen LogP contribution in [0.4, 0.5) is 0 Å². The van der Waals surface area contributed by atoms with E-state index in [1.807, 2.05) is 17.0 Å². The molecule has 2 heterocycles. The molecule has 4 nitrogen and oxygen atoms in total. The van der Waals surface area contributed by atoms with Crippen LogP contribution in [0, 0.1) is 5.92 Å². The van der Waals surface area contributed by atoms with Gasteiger partial charge in [0.15, 0.2) is 0 Å². The molecule has 1 atom stereocenters. The van der Waals surface area contributed by atoms with Gasteiger partial charge in [0.2, 0.25) is 11.8 Å². The van der Waals surface area contributed by atoms with Crippen LogP contribution in [0.5, 0.6) is 5.88 Å². The van der Waals surface area contributed by atoms with Crippen LogP contribution in [-0.4, -0.2) is 35.0 Å². The van der Waals surface area contributed by atoms with E-state index in [0.717, 1.165) is 30.3 Å². The molecule has 1 aliphatic rings. The summed E-state index contributed by atoms with van der Waals surface area (Å²) >= 11 is 3.43. The Morgan fingerprint density at radius 3 is 2.95 bits per heavy atom. The van der Waals surface area contributed by atoms with E-state index in [-0.39, 0.29) is 17.9 Å². The van der Waals surface area contributed by atoms with E-state index in [0.29, 0.717) is 12.4 Å².